The van der Waals surface area contributed by atoms with Gasteiger partial charge in [-0.1, -0.05) is 44.2 Å². The molecule has 8 rings (SSSR count). The van der Waals surface area contributed by atoms with Crippen LogP contribution in [0.25, 0.3) is 10.9 Å². The Morgan fingerprint density at radius 1 is 0.966 bits per heavy atom. The number of carbonyl (C=O) groups is 5. The normalized spacial score (nSPS) is 31.2. The summed E-state index contributed by atoms with van der Waals surface area (Å²) in [6.45, 7) is 7.60. The molecule has 59 heavy (non-hydrogen) atoms. The largest absolute Gasteiger partial charge is 0.496 e. The number of methoxy groups -OCH3 is 3. The van der Waals surface area contributed by atoms with Gasteiger partial charge in [0.25, 0.3) is 0 Å². The van der Waals surface area contributed by atoms with Crippen molar-refractivity contribution in [2.45, 2.75) is 93.9 Å². The minimum absolute atomic E-state index is 0.137. The number of ether oxygens (including phenoxy) is 4. The number of amides is 1. The number of hydrogen-bond donors (Lipinski definition) is 2. The number of aromatic nitrogens is 1. The van der Waals surface area contributed by atoms with E-state index in [1.807, 2.05) is 56.3 Å². The van der Waals surface area contributed by atoms with E-state index in [4.69, 9.17) is 18.9 Å². The third kappa shape index (κ3) is 5.51. The minimum Gasteiger partial charge on any atom is -0.496 e. The first-order valence-electron chi connectivity index (χ1n) is 20.7. The molecule has 5 aliphatic rings. The van der Waals surface area contributed by atoms with Crippen molar-refractivity contribution >= 4 is 46.7 Å². The number of para-hydroxylation sites is 1. The van der Waals surface area contributed by atoms with Gasteiger partial charge in [-0.2, -0.15) is 0 Å². The second kappa shape index (κ2) is 14.9. The van der Waals surface area contributed by atoms with Crippen LogP contribution in [0.2, 0.25) is 0 Å². The average molecular weight is 811 g/mol. The third-order valence-corrected chi connectivity index (χ3v) is 14.4. The van der Waals surface area contributed by atoms with Gasteiger partial charge in [0.1, 0.15) is 16.9 Å². The molecule has 1 aromatic heterocycles. The number of Topliss-reactive ketones (excluding diaryl/α,β-unsaturated/α-hetero) is 1. The zero-order chi connectivity index (χ0) is 42.1. The van der Waals surface area contributed by atoms with Crippen molar-refractivity contribution in [3.63, 3.8) is 0 Å². The molecule has 2 aromatic carbocycles. The van der Waals surface area contributed by atoms with Crippen molar-refractivity contribution in [1.29, 1.82) is 0 Å². The van der Waals surface area contributed by atoms with Crippen LogP contribution in [0.15, 0.2) is 48.6 Å². The Balaban J connectivity index is 1.44. The quantitative estimate of drug-likeness (QED) is 0.132. The molecule has 2 fully saturated rings. The highest BCUT2D eigenvalue weighted by atomic mass is 16.6. The maximum Gasteiger partial charge on any atom is 0.344 e. The van der Waals surface area contributed by atoms with Crippen LogP contribution in [-0.2, 0) is 55.4 Å². The fourth-order valence-electron chi connectivity index (χ4n) is 12.1. The van der Waals surface area contributed by atoms with Crippen LogP contribution in [0.1, 0.15) is 75.3 Å². The summed E-state index contributed by atoms with van der Waals surface area (Å²) in [6, 6.07) is 9.84. The van der Waals surface area contributed by atoms with E-state index in [1.54, 1.807) is 6.07 Å². The second-order valence-corrected chi connectivity index (χ2v) is 16.8. The van der Waals surface area contributed by atoms with Gasteiger partial charge in [-0.05, 0) is 68.5 Å². The van der Waals surface area contributed by atoms with Gasteiger partial charge < -0.3 is 33.9 Å². The molecule has 0 bridgehead atoms. The van der Waals surface area contributed by atoms with Gasteiger partial charge in [0, 0.05) is 71.5 Å². The Morgan fingerprint density at radius 3 is 2.41 bits per heavy atom. The number of H-pyrrole nitrogens is 1. The topological polar surface area (TPSA) is 168 Å². The summed E-state index contributed by atoms with van der Waals surface area (Å²) in [6.07, 6.45) is 5.68. The number of rotatable bonds is 10. The predicted octanol–water partition coefficient (Wildman–Crippen LogP) is 3.73. The lowest BCUT2D eigenvalue weighted by Crippen LogP contribution is -2.81. The highest BCUT2D eigenvalue weighted by Gasteiger charge is 2.81. The average Bonchev–Trinajstić information content (AvgIpc) is 3.92. The van der Waals surface area contributed by atoms with E-state index in [2.05, 4.69) is 14.8 Å². The molecule has 14 nitrogen and oxygen atoms in total. The van der Waals surface area contributed by atoms with Gasteiger partial charge in [0.2, 0.25) is 12.0 Å². The lowest BCUT2D eigenvalue weighted by Gasteiger charge is -2.63. The van der Waals surface area contributed by atoms with Gasteiger partial charge in [0.05, 0.1) is 39.6 Å². The highest BCUT2D eigenvalue weighted by Crippen LogP contribution is 2.68. The molecule has 1 saturated heterocycles. The summed E-state index contributed by atoms with van der Waals surface area (Å²) in [5, 5.41) is 14.2. The molecule has 7 atom stereocenters. The van der Waals surface area contributed by atoms with Crippen LogP contribution in [0.4, 0.5) is 5.69 Å². The summed E-state index contributed by atoms with van der Waals surface area (Å²) in [4.78, 5) is 78.2. The van der Waals surface area contributed by atoms with Gasteiger partial charge in [-0.15, -0.1) is 0 Å². The van der Waals surface area contributed by atoms with Gasteiger partial charge >= 0.3 is 17.9 Å². The van der Waals surface area contributed by atoms with E-state index < -0.39 is 57.9 Å². The zero-order valence-electron chi connectivity index (χ0n) is 34.7. The summed E-state index contributed by atoms with van der Waals surface area (Å²) in [5.41, 5.74) is -2.24. The molecule has 0 radical (unpaired) electrons. The Hall–Kier alpha value is -5.05. The Kier molecular flexibility index (Phi) is 10.3. The zero-order valence-corrected chi connectivity index (χ0v) is 34.7. The van der Waals surface area contributed by atoms with Crippen LogP contribution in [-0.4, -0.2) is 128 Å². The number of fused-ring (bicyclic) bond motifs is 4. The first kappa shape index (κ1) is 40.7. The standard InChI is InChI=1S/C45H54N4O10/c1-7-28(52)25-47-19-12-17-43(40(53)57-5,36-30(15-21-47)29-13-9-10-14-33(29)46-36)32-23-31-34(24-35(32)56-4)49(26-50)38-44(31)18-22-48-20-11-16-42(8-2,37(44)48)39(59-27(3)51)45(38,55)41(54)58-6/h9-11,13-14,16,23-24,26,37-39,46,55H,7-8,12,15,17-22,25H2,1-6H3/t37-,38+,39+,42+,43-,44+,45-/m0/s1. The predicted molar refractivity (Wildman–Crippen MR) is 217 cm³/mol. The van der Waals surface area contributed by atoms with Crippen LogP contribution in [0.5, 0.6) is 5.75 Å². The monoisotopic (exact) mass is 810 g/mol. The van der Waals surface area contributed by atoms with Gasteiger partial charge in [-0.25, -0.2) is 4.79 Å². The number of ketones is 1. The molecule has 1 saturated carbocycles. The van der Waals surface area contributed by atoms with Crippen molar-refractivity contribution in [2.75, 3.05) is 59.0 Å². The highest BCUT2D eigenvalue weighted by molar-refractivity contribution is 5.96. The van der Waals surface area contributed by atoms with Crippen LogP contribution in [0.3, 0.4) is 0 Å². The van der Waals surface area contributed by atoms with Crippen molar-refractivity contribution in [1.82, 2.24) is 14.8 Å². The first-order chi connectivity index (χ1) is 28.4. The number of aromatic amines is 1. The summed E-state index contributed by atoms with van der Waals surface area (Å²) in [5.74, 6) is -1.79. The Morgan fingerprint density at radius 2 is 1.73 bits per heavy atom. The lowest BCUT2D eigenvalue weighted by molar-refractivity contribution is -0.228. The number of benzene rings is 2. The van der Waals surface area contributed by atoms with Crippen molar-refractivity contribution in [2.24, 2.45) is 5.41 Å². The van der Waals surface area contributed by atoms with Gasteiger partial charge in [0.15, 0.2) is 6.10 Å². The van der Waals surface area contributed by atoms with Gasteiger partial charge in [-0.3, -0.25) is 29.0 Å². The Bertz CT molecular complexity index is 2250. The van der Waals surface area contributed by atoms with E-state index in [0.717, 1.165) is 16.5 Å². The fourth-order valence-corrected chi connectivity index (χ4v) is 12.1. The molecule has 14 heteroatoms. The number of esters is 3. The third-order valence-electron chi connectivity index (χ3n) is 14.4. The van der Waals surface area contributed by atoms with E-state index in [9.17, 15) is 24.3 Å². The molecule has 4 aliphatic heterocycles. The number of nitrogens with one attached hydrogen (secondary N) is 1. The van der Waals surface area contributed by atoms with E-state index in [0.29, 0.717) is 99.5 Å². The van der Waals surface area contributed by atoms with E-state index >= 15 is 4.79 Å². The van der Waals surface area contributed by atoms with E-state index in [-0.39, 0.29) is 12.2 Å². The molecular formula is C45H54N4O10. The minimum atomic E-state index is -2.53. The number of anilines is 1. The number of nitrogens with zero attached hydrogens (tertiary/aromatic N) is 3. The fraction of sp³-hybridized carbons (Fsp3) is 0.533. The number of aliphatic hydroxyl groups is 1. The van der Waals surface area contributed by atoms with E-state index in [1.165, 1.54) is 33.2 Å². The maximum absolute atomic E-state index is 15.0. The molecule has 3 aromatic rings. The number of carbonyl (C=O) groups excluding carboxylic acids is 5. The molecule has 1 aliphatic carbocycles. The summed E-state index contributed by atoms with van der Waals surface area (Å²) < 4.78 is 23.5. The van der Waals surface area contributed by atoms with Crippen LogP contribution in [0, 0.1) is 5.41 Å². The number of hydrogen-bond acceptors (Lipinski definition) is 12. The summed E-state index contributed by atoms with van der Waals surface area (Å²) in [7, 11) is 4.05. The first-order valence-corrected chi connectivity index (χ1v) is 20.7. The SMILES string of the molecule is CCC(=O)CN1CCC[C@](C(=O)OC)(c2cc3c(cc2OC)N(C=O)[C@H]2[C@@](O)(C(=O)OC)[C@H](OC(C)=O)[C@]4(CC)C=CCN5CC[C@]32[C@@H]54)c2[nH]c3ccccc3c2CC1. The second-order valence-electron chi connectivity index (χ2n) is 16.8. The molecular weight excluding hydrogens is 757 g/mol. The summed E-state index contributed by atoms with van der Waals surface area (Å²) >= 11 is 0. The molecule has 1 spiro atoms. The van der Waals surface area contributed by atoms with Crippen LogP contribution >= 0.6 is 0 Å². The molecule has 1 amide bonds. The van der Waals surface area contributed by atoms with Crippen molar-refractivity contribution < 1.29 is 48.0 Å². The lowest BCUT2D eigenvalue weighted by atomic mass is 9.47. The van der Waals surface area contributed by atoms with Crippen LogP contribution < -0.4 is 9.64 Å². The molecule has 2 N–H and O–H groups in total. The molecule has 314 valence electrons. The Labute approximate surface area is 343 Å². The maximum atomic E-state index is 15.0. The van der Waals surface area contributed by atoms with Crippen molar-refractivity contribution in [3.05, 3.63) is 70.9 Å². The van der Waals surface area contributed by atoms with Crippen molar-refractivity contribution in [3.8, 4) is 5.75 Å². The molecule has 0 unspecified atom stereocenters. The smallest absolute Gasteiger partial charge is 0.344 e. The molecule has 5 heterocycles.